The minimum atomic E-state index is -0.131. The van der Waals surface area contributed by atoms with E-state index in [1.165, 1.54) is 0 Å². The third kappa shape index (κ3) is 5.65. The van der Waals surface area contributed by atoms with Gasteiger partial charge in [0.25, 0.3) is 0 Å². The average molecular weight is 477 g/mol. The summed E-state index contributed by atoms with van der Waals surface area (Å²) in [6, 6.07) is 10.5. The van der Waals surface area contributed by atoms with Crippen LogP contribution in [0.5, 0.6) is 11.5 Å². The molecule has 0 saturated carbocycles. The van der Waals surface area contributed by atoms with Gasteiger partial charge in [0.1, 0.15) is 5.82 Å². The molecule has 1 saturated heterocycles. The van der Waals surface area contributed by atoms with E-state index >= 15 is 0 Å². The highest BCUT2D eigenvalue weighted by molar-refractivity contribution is 5.66. The number of nitrogens with zero attached hydrogens (tertiary/aromatic N) is 4. The standard InChI is InChI=1S/C27H36N6O2/c1-7-19-17-33(13-12-28-19)24-9-8-18(16-30-24)22-10-11-29-26(32-22)31-20-14-21(27(2,3)4)25(35-6)23(15-20)34-5/h8-11,14-16,19,28H,7,12-13,17H2,1-6H3,(H,29,31,32). The molecule has 8 heteroatoms. The van der Waals surface area contributed by atoms with Crippen molar-refractivity contribution in [1.29, 1.82) is 0 Å². The number of nitrogens with one attached hydrogen (secondary N) is 2. The van der Waals surface area contributed by atoms with Crippen LogP contribution in [0.1, 0.15) is 39.7 Å². The van der Waals surface area contributed by atoms with E-state index in [4.69, 9.17) is 19.4 Å². The highest BCUT2D eigenvalue weighted by Crippen LogP contribution is 2.41. The molecule has 2 N–H and O–H groups in total. The second kappa shape index (κ2) is 10.5. The fourth-order valence-electron chi connectivity index (χ4n) is 4.33. The van der Waals surface area contributed by atoms with Gasteiger partial charge in [-0.25, -0.2) is 15.0 Å². The Labute approximate surface area is 208 Å². The SMILES string of the molecule is CCC1CN(c2ccc(-c3ccnc(Nc4cc(OC)c(OC)c(C(C)(C)C)c4)n3)cn2)CCN1. The first kappa shape index (κ1) is 24.7. The molecule has 1 fully saturated rings. The lowest BCUT2D eigenvalue weighted by Crippen LogP contribution is -2.50. The van der Waals surface area contributed by atoms with Crippen LogP contribution in [0.25, 0.3) is 11.3 Å². The second-order valence-corrected chi connectivity index (χ2v) is 9.81. The maximum atomic E-state index is 5.64. The maximum Gasteiger partial charge on any atom is 0.227 e. The zero-order chi connectivity index (χ0) is 25.0. The number of ether oxygens (including phenoxy) is 2. The van der Waals surface area contributed by atoms with E-state index in [0.29, 0.717) is 17.7 Å². The first-order valence-electron chi connectivity index (χ1n) is 12.1. The van der Waals surface area contributed by atoms with E-state index in [0.717, 1.165) is 60.1 Å². The molecule has 0 bridgehead atoms. The minimum absolute atomic E-state index is 0.131. The van der Waals surface area contributed by atoms with Crippen LogP contribution >= 0.6 is 0 Å². The van der Waals surface area contributed by atoms with Gasteiger partial charge < -0.3 is 25.0 Å². The Kier molecular flexibility index (Phi) is 7.40. The summed E-state index contributed by atoms with van der Waals surface area (Å²) in [6.07, 6.45) is 4.76. The predicted octanol–water partition coefficient (Wildman–Crippen LogP) is 4.79. The first-order valence-corrected chi connectivity index (χ1v) is 12.1. The lowest BCUT2D eigenvalue weighted by Gasteiger charge is -2.34. The van der Waals surface area contributed by atoms with Crippen molar-refractivity contribution in [3.8, 4) is 22.8 Å². The van der Waals surface area contributed by atoms with Crippen molar-refractivity contribution in [2.45, 2.75) is 45.6 Å². The molecule has 0 spiro atoms. The molecule has 1 atom stereocenters. The van der Waals surface area contributed by atoms with Crippen LogP contribution in [0, 0.1) is 0 Å². The number of hydrogen-bond donors (Lipinski definition) is 2. The van der Waals surface area contributed by atoms with Crippen LogP contribution in [0.2, 0.25) is 0 Å². The zero-order valence-corrected chi connectivity index (χ0v) is 21.6. The summed E-state index contributed by atoms with van der Waals surface area (Å²) in [5.74, 6) is 2.91. The van der Waals surface area contributed by atoms with Gasteiger partial charge in [0.05, 0.1) is 19.9 Å². The molecule has 2 aromatic heterocycles. The van der Waals surface area contributed by atoms with Crippen molar-refractivity contribution in [1.82, 2.24) is 20.3 Å². The fraction of sp³-hybridized carbons (Fsp3) is 0.444. The van der Waals surface area contributed by atoms with Crippen LogP contribution in [-0.2, 0) is 5.41 Å². The number of methoxy groups -OCH3 is 2. The summed E-state index contributed by atoms with van der Waals surface area (Å²) in [6.45, 7) is 11.6. The fourth-order valence-corrected chi connectivity index (χ4v) is 4.33. The van der Waals surface area contributed by atoms with Crippen molar-refractivity contribution < 1.29 is 9.47 Å². The Bertz CT molecular complexity index is 1140. The van der Waals surface area contributed by atoms with Crippen molar-refractivity contribution in [2.75, 3.05) is 44.1 Å². The van der Waals surface area contributed by atoms with Crippen LogP contribution in [-0.4, -0.2) is 54.8 Å². The number of hydrogen-bond acceptors (Lipinski definition) is 8. The second-order valence-electron chi connectivity index (χ2n) is 9.81. The topological polar surface area (TPSA) is 84.4 Å². The Morgan fingerprint density at radius 1 is 1.11 bits per heavy atom. The van der Waals surface area contributed by atoms with Gasteiger partial charge in [-0.3, -0.25) is 0 Å². The molecule has 0 radical (unpaired) electrons. The molecule has 1 aromatic carbocycles. The van der Waals surface area contributed by atoms with Gasteiger partial charge in [-0.05, 0) is 36.1 Å². The number of rotatable bonds is 7. The normalized spacial score (nSPS) is 16.2. The Morgan fingerprint density at radius 2 is 1.94 bits per heavy atom. The Hall–Kier alpha value is -3.39. The molecule has 186 valence electrons. The average Bonchev–Trinajstić information content (AvgIpc) is 2.88. The van der Waals surface area contributed by atoms with Crippen LogP contribution in [0.15, 0.2) is 42.7 Å². The van der Waals surface area contributed by atoms with Gasteiger partial charge in [-0.2, -0.15) is 0 Å². The monoisotopic (exact) mass is 476 g/mol. The van der Waals surface area contributed by atoms with E-state index in [2.05, 4.69) is 66.4 Å². The molecule has 35 heavy (non-hydrogen) atoms. The predicted molar refractivity (Wildman–Crippen MR) is 141 cm³/mol. The Balaban J connectivity index is 1.56. The largest absolute Gasteiger partial charge is 0.493 e. The molecule has 0 aliphatic carbocycles. The van der Waals surface area contributed by atoms with Gasteiger partial charge in [0.2, 0.25) is 5.95 Å². The highest BCUT2D eigenvalue weighted by atomic mass is 16.5. The number of benzene rings is 1. The summed E-state index contributed by atoms with van der Waals surface area (Å²) >= 11 is 0. The molecule has 1 aliphatic heterocycles. The molecule has 1 unspecified atom stereocenters. The van der Waals surface area contributed by atoms with E-state index in [9.17, 15) is 0 Å². The van der Waals surface area contributed by atoms with E-state index in [-0.39, 0.29) is 5.41 Å². The third-order valence-corrected chi connectivity index (χ3v) is 6.31. The summed E-state index contributed by atoms with van der Waals surface area (Å²) in [7, 11) is 3.31. The molecule has 8 nitrogen and oxygen atoms in total. The zero-order valence-electron chi connectivity index (χ0n) is 21.6. The summed E-state index contributed by atoms with van der Waals surface area (Å²) < 4.78 is 11.2. The summed E-state index contributed by atoms with van der Waals surface area (Å²) in [5, 5.41) is 6.88. The van der Waals surface area contributed by atoms with Crippen LogP contribution < -0.4 is 25.0 Å². The van der Waals surface area contributed by atoms with E-state index in [1.807, 2.05) is 18.3 Å². The third-order valence-electron chi connectivity index (χ3n) is 6.31. The molecular formula is C27H36N6O2. The smallest absolute Gasteiger partial charge is 0.227 e. The summed E-state index contributed by atoms with van der Waals surface area (Å²) in [5.41, 5.74) is 3.50. The Morgan fingerprint density at radius 3 is 2.60 bits per heavy atom. The van der Waals surface area contributed by atoms with Gasteiger partial charge >= 0.3 is 0 Å². The number of anilines is 3. The van der Waals surface area contributed by atoms with Crippen LogP contribution in [0.3, 0.4) is 0 Å². The number of pyridine rings is 1. The van der Waals surface area contributed by atoms with Crippen LogP contribution in [0.4, 0.5) is 17.5 Å². The lowest BCUT2D eigenvalue weighted by molar-refractivity contribution is 0.345. The highest BCUT2D eigenvalue weighted by Gasteiger charge is 2.23. The lowest BCUT2D eigenvalue weighted by atomic mass is 9.85. The maximum absolute atomic E-state index is 5.64. The minimum Gasteiger partial charge on any atom is -0.493 e. The first-order chi connectivity index (χ1) is 16.8. The molecule has 3 heterocycles. The van der Waals surface area contributed by atoms with Gasteiger partial charge in [-0.15, -0.1) is 0 Å². The molecule has 1 aliphatic rings. The van der Waals surface area contributed by atoms with Gasteiger partial charge in [0.15, 0.2) is 11.5 Å². The molecule has 0 amide bonds. The van der Waals surface area contributed by atoms with Gasteiger partial charge in [0, 0.05) is 61.0 Å². The van der Waals surface area contributed by atoms with Crippen molar-refractivity contribution in [2.24, 2.45) is 0 Å². The number of aromatic nitrogens is 3. The van der Waals surface area contributed by atoms with Gasteiger partial charge in [-0.1, -0.05) is 27.7 Å². The van der Waals surface area contributed by atoms with E-state index < -0.39 is 0 Å². The van der Waals surface area contributed by atoms with Crippen molar-refractivity contribution in [3.63, 3.8) is 0 Å². The molecule has 3 aromatic rings. The number of piperazine rings is 1. The van der Waals surface area contributed by atoms with Crippen molar-refractivity contribution >= 4 is 17.5 Å². The molecule has 4 rings (SSSR count). The quantitative estimate of drug-likeness (QED) is 0.504. The van der Waals surface area contributed by atoms with E-state index in [1.54, 1.807) is 20.4 Å². The molecular weight excluding hydrogens is 440 g/mol. The van der Waals surface area contributed by atoms with Crippen molar-refractivity contribution in [3.05, 3.63) is 48.3 Å². The summed E-state index contributed by atoms with van der Waals surface area (Å²) in [4.78, 5) is 16.2.